The van der Waals surface area contributed by atoms with Gasteiger partial charge in [-0.2, -0.15) is 0 Å². The summed E-state index contributed by atoms with van der Waals surface area (Å²) in [4.78, 5) is 26.5. The summed E-state index contributed by atoms with van der Waals surface area (Å²) in [7, 11) is 0. The van der Waals surface area contributed by atoms with Crippen molar-refractivity contribution in [3.63, 3.8) is 0 Å². The van der Waals surface area contributed by atoms with Crippen LogP contribution >= 0.6 is 0 Å². The summed E-state index contributed by atoms with van der Waals surface area (Å²) in [6.45, 7) is 17.5. The normalized spacial score (nSPS) is 12.9. The first-order valence-corrected chi connectivity index (χ1v) is 9.83. The van der Waals surface area contributed by atoms with E-state index >= 15 is 0 Å². The number of benzene rings is 1. The molecule has 1 aromatic carbocycles. The molecule has 0 aliphatic carbocycles. The molecule has 0 aliphatic heterocycles. The van der Waals surface area contributed by atoms with Crippen LogP contribution < -0.4 is 5.32 Å². The average Bonchev–Trinajstić information content (AvgIpc) is 2.50. The van der Waals surface area contributed by atoms with Crippen LogP contribution in [-0.4, -0.2) is 34.8 Å². The highest BCUT2D eigenvalue weighted by Gasteiger charge is 2.27. The van der Waals surface area contributed by atoms with Crippen LogP contribution in [0.15, 0.2) is 18.2 Å². The smallest absolute Gasteiger partial charge is 0.412 e. The minimum absolute atomic E-state index is 0.199. The standard InChI is InChI=1S/C22H36N2O4/c1-10-13-24(20(26)28-22(7,8)9)16(3)17-12-11-15(2)18(14-17)23-19(25)27-21(4,5)6/h11-12,14,16H,10,13H2,1-9H3,(H,23,25). The van der Waals surface area contributed by atoms with E-state index in [2.05, 4.69) is 5.32 Å². The van der Waals surface area contributed by atoms with E-state index in [1.165, 1.54) is 0 Å². The molecule has 0 bridgehead atoms. The molecule has 1 rings (SSSR count). The van der Waals surface area contributed by atoms with Gasteiger partial charge in [-0.3, -0.25) is 5.32 Å². The quantitative estimate of drug-likeness (QED) is 0.662. The highest BCUT2D eigenvalue weighted by Crippen LogP contribution is 2.27. The Morgan fingerprint density at radius 1 is 1.07 bits per heavy atom. The molecular formula is C22H36N2O4. The monoisotopic (exact) mass is 392 g/mol. The number of ether oxygens (including phenoxy) is 2. The van der Waals surface area contributed by atoms with E-state index in [-0.39, 0.29) is 12.1 Å². The Morgan fingerprint density at radius 3 is 2.14 bits per heavy atom. The maximum absolute atomic E-state index is 12.7. The predicted molar refractivity (Wildman–Crippen MR) is 113 cm³/mol. The van der Waals surface area contributed by atoms with E-state index < -0.39 is 17.3 Å². The van der Waals surface area contributed by atoms with Crippen LogP contribution in [0.3, 0.4) is 0 Å². The molecule has 158 valence electrons. The number of hydrogen-bond donors (Lipinski definition) is 1. The molecule has 1 unspecified atom stereocenters. The molecule has 0 aliphatic rings. The Morgan fingerprint density at radius 2 is 1.64 bits per heavy atom. The fourth-order valence-electron chi connectivity index (χ4n) is 2.63. The lowest BCUT2D eigenvalue weighted by molar-refractivity contribution is 0.0173. The fourth-order valence-corrected chi connectivity index (χ4v) is 2.63. The Balaban J connectivity index is 3.07. The topological polar surface area (TPSA) is 67.9 Å². The van der Waals surface area contributed by atoms with E-state index in [9.17, 15) is 9.59 Å². The van der Waals surface area contributed by atoms with Gasteiger partial charge >= 0.3 is 12.2 Å². The fraction of sp³-hybridized carbons (Fsp3) is 0.636. The molecule has 28 heavy (non-hydrogen) atoms. The third-order valence-electron chi connectivity index (χ3n) is 3.94. The molecule has 6 heteroatoms. The van der Waals surface area contributed by atoms with Gasteiger partial charge in [0.15, 0.2) is 0 Å². The molecule has 1 atom stereocenters. The van der Waals surface area contributed by atoms with Gasteiger partial charge in [-0.25, -0.2) is 9.59 Å². The van der Waals surface area contributed by atoms with Gasteiger partial charge in [0.2, 0.25) is 0 Å². The summed E-state index contributed by atoms with van der Waals surface area (Å²) in [6, 6.07) is 5.58. The molecule has 0 spiro atoms. The third kappa shape index (κ3) is 7.79. The Labute approximate surface area is 169 Å². The first-order chi connectivity index (χ1) is 12.7. The van der Waals surface area contributed by atoms with Gasteiger partial charge in [-0.15, -0.1) is 0 Å². The van der Waals surface area contributed by atoms with Crippen LogP contribution in [0.1, 0.15) is 79.0 Å². The number of amides is 2. The van der Waals surface area contributed by atoms with Gasteiger partial charge in [0.25, 0.3) is 0 Å². The molecule has 0 radical (unpaired) electrons. The molecule has 0 saturated carbocycles. The third-order valence-corrected chi connectivity index (χ3v) is 3.94. The summed E-state index contributed by atoms with van der Waals surface area (Å²) < 4.78 is 10.9. The van der Waals surface area contributed by atoms with Gasteiger partial charge in [-0.1, -0.05) is 19.1 Å². The van der Waals surface area contributed by atoms with Crippen molar-refractivity contribution in [2.75, 3.05) is 11.9 Å². The van der Waals surface area contributed by atoms with Gasteiger partial charge in [0.05, 0.1) is 6.04 Å². The van der Waals surface area contributed by atoms with Crippen molar-refractivity contribution < 1.29 is 19.1 Å². The van der Waals surface area contributed by atoms with Crippen molar-refractivity contribution in [2.24, 2.45) is 0 Å². The number of nitrogens with one attached hydrogen (secondary N) is 1. The average molecular weight is 393 g/mol. The lowest BCUT2D eigenvalue weighted by atomic mass is 10.0. The summed E-state index contributed by atoms with van der Waals surface area (Å²) in [5, 5.41) is 2.80. The molecular weight excluding hydrogens is 356 g/mol. The maximum atomic E-state index is 12.7. The zero-order valence-electron chi connectivity index (χ0n) is 18.8. The largest absolute Gasteiger partial charge is 0.444 e. The van der Waals surface area contributed by atoms with Crippen molar-refractivity contribution in [1.29, 1.82) is 0 Å². The van der Waals surface area contributed by atoms with Crippen molar-refractivity contribution in [3.05, 3.63) is 29.3 Å². The zero-order chi connectivity index (χ0) is 21.7. The van der Waals surface area contributed by atoms with Crippen LogP contribution in [0, 0.1) is 6.92 Å². The second kappa shape index (κ2) is 9.30. The Kier molecular flexibility index (Phi) is 7.91. The molecule has 0 saturated heterocycles. The van der Waals surface area contributed by atoms with E-state index in [1.807, 2.05) is 80.5 Å². The zero-order valence-corrected chi connectivity index (χ0v) is 18.8. The molecule has 6 nitrogen and oxygen atoms in total. The van der Waals surface area contributed by atoms with Crippen molar-refractivity contribution >= 4 is 17.9 Å². The lowest BCUT2D eigenvalue weighted by Gasteiger charge is -2.32. The van der Waals surface area contributed by atoms with Crippen LogP contribution in [0.5, 0.6) is 0 Å². The number of rotatable bonds is 5. The van der Waals surface area contributed by atoms with E-state index in [1.54, 1.807) is 4.90 Å². The van der Waals surface area contributed by atoms with Gasteiger partial charge in [-0.05, 0) is 79.0 Å². The Bertz CT molecular complexity index is 687. The number of anilines is 1. The van der Waals surface area contributed by atoms with Crippen LogP contribution in [0.4, 0.5) is 15.3 Å². The highest BCUT2D eigenvalue weighted by molar-refractivity contribution is 5.86. The summed E-state index contributed by atoms with van der Waals surface area (Å²) in [5.74, 6) is 0. The van der Waals surface area contributed by atoms with Gasteiger partial charge in [0.1, 0.15) is 11.2 Å². The van der Waals surface area contributed by atoms with Gasteiger partial charge < -0.3 is 14.4 Å². The van der Waals surface area contributed by atoms with Crippen LogP contribution in [0.2, 0.25) is 0 Å². The number of aryl methyl sites for hydroxylation is 1. The van der Waals surface area contributed by atoms with Gasteiger partial charge in [0, 0.05) is 12.2 Å². The second-order valence-electron chi connectivity index (χ2n) is 9.05. The highest BCUT2D eigenvalue weighted by atomic mass is 16.6. The van der Waals surface area contributed by atoms with Crippen LogP contribution in [-0.2, 0) is 9.47 Å². The van der Waals surface area contributed by atoms with E-state index in [4.69, 9.17) is 9.47 Å². The maximum Gasteiger partial charge on any atom is 0.412 e. The van der Waals surface area contributed by atoms with E-state index in [0.717, 1.165) is 17.5 Å². The first kappa shape index (κ1) is 23.8. The molecule has 2 amide bonds. The number of carbonyl (C=O) groups excluding carboxylic acids is 2. The minimum atomic E-state index is -0.572. The molecule has 1 aromatic rings. The SMILES string of the molecule is CCCN(C(=O)OC(C)(C)C)C(C)c1ccc(C)c(NC(=O)OC(C)(C)C)c1. The van der Waals surface area contributed by atoms with E-state index in [0.29, 0.717) is 12.2 Å². The van der Waals surface area contributed by atoms with Crippen molar-refractivity contribution in [3.8, 4) is 0 Å². The molecule has 0 aromatic heterocycles. The predicted octanol–water partition coefficient (Wildman–Crippen LogP) is 6.05. The summed E-state index contributed by atoms with van der Waals surface area (Å²) in [5.41, 5.74) is 1.37. The molecule has 0 heterocycles. The van der Waals surface area contributed by atoms with Crippen LogP contribution in [0.25, 0.3) is 0 Å². The number of hydrogen-bond acceptors (Lipinski definition) is 4. The summed E-state index contributed by atoms with van der Waals surface area (Å²) in [6.07, 6.45) is -0.0274. The second-order valence-corrected chi connectivity index (χ2v) is 9.05. The first-order valence-electron chi connectivity index (χ1n) is 9.83. The van der Waals surface area contributed by atoms with Crippen molar-refractivity contribution in [2.45, 2.75) is 86.0 Å². The van der Waals surface area contributed by atoms with Crippen molar-refractivity contribution in [1.82, 2.24) is 4.90 Å². The lowest BCUT2D eigenvalue weighted by Crippen LogP contribution is -2.39. The Hall–Kier alpha value is -2.24. The molecule has 0 fully saturated rings. The minimum Gasteiger partial charge on any atom is -0.444 e. The molecule has 1 N–H and O–H groups in total. The number of carbonyl (C=O) groups is 2. The number of nitrogens with zero attached hydrogens (tertiary/aromatic N) is 1. The summed E-state index contributed by atoms with van der Waals surface area (Å²) >= 11 is 0.